The van der Waals surface area contributed by atoms with E-state index >= 15 is 0 Å². The number of carbonyl (C=O) groups excluding carboxylic acids is 1. The zero-order valence-electron chi connectivity index (χ0n) is 14.7. The molecule has 0 aromatic heterocycles. The number of carbonyl (C=O) groups is 1. The van der Waals surface area contributed by atoms with Crippen LogP contribution in [0.3, 0.4) is 0 Å². The van der Waals surface area contributed by atoms with Crippen molar-refractivity contribution in [2.75, 3.05) is 16.6 Å². The van der Waals surface area contributed by atoms with E-state index in [-0.39, 0.29) is 16.8 Å². The van der Waals surface area contributed by atoms with Crippen molar-refractivity contribution in [1.29, 1.82) is 0 Å². The Morgan fingerprint density at radius 3 is 2.62 bits per heavy atom. The fourth-order valence-corrected chi connectivity index (χ4v) is 4.38. The van der Waals surface area contributed by atoms with E-state index in [0.717, 1.165) is 19.4 Å². The van der Waals surface area contributed by atoms with Gasteiger partial charge in [-0.15, -0.1) is 0 Å². The quantitative estimate of drug-likeness (QED) is 0.727. The Kier molecular flexibility index (Phi) is 5.58. The SMILES string of the molecule is Cc1ccc(NC(=O)CC2CCCN2)cc1S(=O)(=O)Nc1ccccc1. The van der Waals surface area contributed by atoms with E-state index in [1.807, 2.05) is 6.07 Å². The van der Waals surface area contributed by atoms with Crippen LogP contribution >= 0.6 is 0 Å². The predicted octanol–water partition coefficient (Wildman–Crippen LogP) is 2.88. The molecule has 0 spiro atoms. The van der Waals surface area contributed by atoms with Gasteiger partial charge < -0.3 is 10.6 Å². The molecule has 1 unspecified atom stereocenters. The Morgan fingerprint density at radius 2 is 1.92 bits per heavy atom. The van der Waals surface area contributed by atoms with E-state index in [2.05, 4.69) is 15.4 Å². The number of nitrogens with one attached hydrogen (secondary N) is 3. The summed E-state index contributed by atoms with van der Waals surface area (Å²) in [7, 11) is -3.74. The van der Waals surface area contributed by atoms with E-state index in [1.165, 1.54) is 6.07 Å². The second-order valence-corrected chi connectivity index (χ2v) is 8.15. The molecule has 1 fully saturated rings. The van der Waals surface area contributed by atoms with Crippen LogP contribution in [0.2, 0.25) is 0 Å². The molecule has 1 heterocycles. The monoisotopic (exact) mass is 373 g/mol. The lowest BCUT2D eigenvalue weighted by Gasteiger charge is -2.14. The summed E-state index contributed by atoms with van der Waals surface area (Å²) in [4.78, 5) is 12.3. The van der Waals surface area contributed by atoms with Crippen molar-refractivity contribution in [3.05, 3.63) is 54.1 Å². The van der Waals surface area contributed by atoms with Crippen LogP contribution < -0.4 is 15.4 Å². The standard InChI is InChI=1S/C19H23N3O3S/c1-14-9-10-17(21-19(23)13-16-8-5-11-20-16)12-18(14)26(24,25)22-15-6-3-2-4-7-15/h2-4,6-7,9-10,12,16,20,22H,5,8,11,13H2,1H3,(H,21,23). The molecule has 26 heavy (non-hydrogen) atoms. The number of hydrogen-bond acceptors (Lipinski definition) is 4. The van der Waals surface area contributed by atoms with Crippen LogP contribution in [-0.4, -0.2) is 26.9 Å². The average Bonchev–Trinajstić information content (AvgIpc) is 3.10. The molecule has 0 radical (unpaired) electrons. The molecule has 6 nitrogen and oxygen atoms in total. The summed E-state index contributed by atoms with van der Waals surface area (Å²) < 4.78 is 28.0. The minimum Gasteiger partial charge on any atom is -0.326 e. The van der Waals surface area contributed by atoms with Crippen molar-refractivity contribution in [2.45, 2.75) is 37.1 Å². The Labute approximate surface area is 154 Å². The number of rotatable bonds is 6. The summed E-state index contributed by atoms with van der Waals surface area (Å²) in [5.74, 6) is -0.118. The maximum absolute atomic E-state index is 12.7. The fraction of sp³-hybridized carbons (Fsp3) is 0.316. The van der Waals surface area contributed by atoms with Gasteiger partial charge in [-0.2, -0.15) is 0 Å². The number of benzene rings is 2. The van der Waals surface area contributed by atoms with Crippen LogP contribution in [0.4, 0.5) is 11.4 Å². The van der Waals surface area contributed by atoms with Gasteiger partial charge in [0.1, 0.15) is 0 Å². The third-order valence-corrected chi connectivity index (χ3v) is 5.90. The highest BCUT2D eigenvalue weighted by Gasteiger charge is 2.20. The molecule has 3 rings (SSSR count). The highest BCUT2D eigenvalue weighted by Crippen LogP contribution is 2.23. The Balaban J connectivity index is 1.75. The molecule has 1 atom stereocenters. The maximum atomic E-state index is 12.7. The Bertz CT molecular complexity index is 876. The molecular formula is C19H23N3O3S. The molecule has 1 amide bonds. The molecule has 2 aromatic carbocycles. The molecule has 138 valence electrons. The molecule has 0 aliphatic carbocycles. The number of para-hydroxylation sites is 1. The highest BCUT2D eigenvalue weighted by molar-refractivity contribution is 7.92. The third-order valence-electron chi connectivity index (χ3n) is 4.38. The van der Waals surface area contributed by atoms with Gasteiger partial charge in [0.2, 0.25) is 5.91 Å². The summed E-state index contributed by atoms with van der Waals surface area (Å²) in [5, 5.41) is 6.08. The van der Waals surface area contributed by atoms with Gasteiger partial charge in [-0.25, -0.2) is 8.42 Å². The van der Waals surface area contributed by atoms with Crippen molar-refractivity contribution in [1.82, 2.24) is 5.32 Å². The second-order valence-electron chi connectivity index (χ2n) is 6.50. The molecular weight excluding hydrogens is 350 g/mol. The first-order valence-electron chi connectivity index (χ1n) is 8.66. The lowest BCUT2D eigenvalue weighted by molar-refractivity contribution is -0.116. The van der Waals surface area contributed by atoms with Gasteiger partial charge in [-0.3, -0.25) is 9.52 Å². The van der Waals surface area contributed by atoms with E-state index in [4.69, 9.17) is 0 Å². The number of aryl methyl sites for hydroxylation is 1. The van der Waals surface area contributed by atoms with E-state index in [9.17, 15) is 13.2 Å². The summed E-state index contributed by atoms with van der Waals surface area (Å²) in [6, 6.07) is 13.8. The van der Waals surface area contributed by atoms with Crippen molar-refractivity contribution in [3.63, 3.8) is 0 Å². The summed E-state index contributed by atoms with van der Waals surface area (Å²) in [6.07, 6.45) is 2.45. The first-order chi connectivity index (χ1) is 12.4. The summed E-state index contributed by atoms with van der Waals surface area (Å²) in [5.41, 5.74) is 1.59. The van der Waals surface area contributed by atoms with Crippen molar-refractivity contribution in [2.24, 2.45) is 0 Å². The van der Waals surface area contributed by atoms with Gasteiger partial charge in [0.15, 0.2) is 0 Å². The highest BCUT2D eigenvalue weighted by atomic mass is 32.2. The van der Waals surface area contributed by atoms with Gasteiger partial charge in [-0.1, -0.05) is 24.3 Å². The van der Waals surface area contributed by atoms with Gasteiger partial charge in [0.25, 0.3) is 10.0 Å². The number of sulfonamides is 1. The predicted molar refractivity (Wildman–Crippen MR) is 103 cm³/mol. The zero-order chi connectivity index (χ0) is 18.6. The van der Waals surface area contributed by atoms with E-state index < -0.39 is 10.0 Å². The zero-order valence-corrected chi connectivity index (χ0v) is 15.5. The van der Waals surface area contributed by atoms with Gasteiger partial charge in [0, 0.05) is 23.8 Å². The molecule has 1 aliphatic heterocycles. The van der Waals surface area contributed by atoms with Crippen LogP contribution in [0.15, 0.2) is 53.4 Å². The van der Waals surface area contributed by atoms with E-state index in [1.54, 1.807) is 43.3 Å². The normalized spacial score (nSPS) is 17.0. The minimum absolute atomic E-state index is 0.118. The summed E-state index contributed by atoms with van der Waals surface area (Å²) in [6.45, 7) is 2.67. The molecule has 0 saturated carbocycles. The molecule has 1 aliphatic rings. The first-order valence-corrected chi connectivity index (χ1v) is 10.1. The largest absolute Gasteiger partial charge is 0.326 e. The molecule has 1 saturated heterocycles. The van der Waals surface area contributed by atoms with Crippen LogP contribution in [0.25, 0.3) is 0 Å². The second kappa shape index (κ2) is 7.88. The fourth-order valence-electron chi connectivity index (χ4n) is 3.05. The average molecular weight is 373 g/mol. The minimum atomic E-state index is -3.74. The molecule has 0 bridgehead atoms. The topological polar surface area (TPSA) is 87.3 Å². The van der Waals surface area contributed by atoms with Crippen molar-refractivity contribution in [3.8, 4) is 0 Å². The van der Waals surface area contributed by atoms with Crippen LogP contribution in [0.5, 0.6) is 0 Å². The summed E-state index contributed by atoms with van der Waals surface area (Å²) >= 11 is 0. The Hall–Kier alpha value is -2.38. The molecule has 2 aromatic rings. The first kappa shape index (κ1) is 18.4. The smallest absolute Gasteiger partial charge is 0.262 e. The molecule has 3 N–H and O–H groups in total. The third kappa shape index (κ3) is 4.62. The van der Waals surface area contributed by atoms with Gasteiger partial charge in [0.05, 0.1) is 4.90 Å². The number of anilines is 2. The Morgan fingerprint density at radius 1 is 1.15 bits per heavy atom. The van der Waals surface area contributed by atoms with Crippen LogP contribution in [0.1, 0.15) is 24.8 Å². The van der Waals surface area contributed by atoms with Crippen LogP contribution in [-0.2, 0) is 14.8 Å². The molecule has 7 heteroatoms. The number of hydrogen-bond donors (Lipinski definition) is 3. The van der Waals surface area contributed by atoms with E-state index in [0.29, 0.717) is 23.4 Å². The number of amides is 1. The van der Waals surface area contributed by atoms with Gasteiger partial charge >= 0.3 is 0 Å². The lowest BCUT2D eigenvalue weighted by Crippen LogP contribution is -2.27. The lowest BCUT2D eigenvalue weighted by atomic mass is 10.1. The van der Waals surface area contributed by atoms with Crippen molar-refractivity contribution < 1.29 is 13.2 Å². The maximum Gasteiger partial charge on any atom is 0.262 e. The van der Waals surface area contributed by atoms with Gasteiger partial charge in [-0.05, 0) is 56.1 Å². The van der Waals surface area contributed by atoms with Crippen molar-refractivity contribution >= 4 is 27.3 Å². The van der Waals surface area contributed by atoms with Crippen LogP contribution in [0, 0.1) is 6.92 Å².